The van der Waals surface area contributed by atoms with Crippen LogP contribution in [0.2, 0.25) is 0 Å². The van der Waals surface area contributed by atoms with Crippen molar-refractivity contribution < 1.29 is 56.8 Å². The number of hydrogen-bond acceptors (Lipinski definition) is 17. The lowest BCUT2D eigenvalue weighted by molar-refractivity contribution is -0.136. The molecule has 400 valence electrons. The average molecular weight is 1060 g/mol. The summed E-state index contributed by atoms with van der Waals surface area (Å²) in [5, 5.41) is 23.4. The van der Waals surface area contributed by atoms with Crippen molar-refractivity contribution in [3.63, 3.8) is 0 Å². The van der Waals surface area contributed by atoms with Crippen LogP contribution < -0.4 is 30.9 Å². The smallest absolute Gasteiger partial charge is 0.407 e. The first kappa shape index (κ1) is 51.3. The average Bonchev–Trinajstić information content (AvgIpc) is 4.22. The predicted octanol–water partition coefficient (Wildman–Crippen LogP) is 4.57. The van der Waals surface area contributed by atoms with E-state index in [1.807, 2.05) is 0 Å². The summed E-state index contributed by atoms with van der Waals surface area (Å²) < 4.78 is 55.7. The number of alkyl carbamates (subject to hydrolysis) is 1. The summed E-state index contributed by atoms with van der Waals surface area (Å²) in [6.07, 6.45) is 10.9. The summed E-state index contributed by atoms with van der Waals surface area (Å²) in [6.45, 7) is 8.12. The molecule has 5 aromatic rings. The summed E-state index contributed by atoms with van der Waals surface area (Å²) in [7, 11) is 0. The zero-order valence-electron chi connectivity index (χ0n) is 42.0. The number of piperidine rings is 1. The van der Waals surface area contributed by atoms with E-state index >= 15 is 8.78 Å². The van der Waals surface area contributed by atoms with Crippen LogP contribution in [0, 0.1) is 24.0 Å². The maximum atomic E-state index is 17.2. The Morgan fingerprint density at radius 1 is 0.935 bits per heavy atom. The van der Waals surface area contributed by atoms with E-state index in [0.29, 0.717) is 67.9 Å². The maximum absolute atomic E-state index is 17.2. The largest absolute Gasteiger partial charge is 0.508 e. The Labute approximate surface area is 440 Å². The molecule has 77 heavy (non-hydrogen) atoms. The van der Waals surface area contributed by atoms with Gasteiger partial charge in [-0.15, -0.1) is 6.42 Å². The van der Waals surface area contributed by atoms with Gasteiger partial charge in [0.1, 0.15) is 47.9 Å². The van der Waals surface area contributed by atoms with Gasteiger partial charge in [0, 0.05) is 80.1 Å². The zero-order chi connectivity index (χ0) is 53.5. The van der Waals surface area contributed by atoms with Crippen LogP contribution in [0.4, 0.5) is 25.1 Å². The number of imide groups is 2. The molecule has 20 nitrogen and oxygen atoms in total. The molecule has 5 saturated heterocycles. The second-order valence-electron chi connectivity index (χ2n) is 20.4. The van der Waals surface area contributed by atoms with E-state index in [4.69, 9.17) is 30.4 Å². The fourth-order valence-corrected chi connectivity index (χ4v) is 11.8. The van der Waals surface area contributed by atoms with Crippen molar-refractivity contribution in [1.82, 2.24) is 40.7 Å². The van der Waals surface area contributed by atoms with E-state index in [-0.39, 0.29) is 121 Å². The molecular weight excluding hydrogens is 999 g/mol. The molecule has 8 heterocycles. The van der Waals surface area contributed by atoms with Crippen molar-refractivity contribution in [2.45, 2.75) is 74.7 Å². The van der Waals surface area contributed by atoms with Crippen LogP contribution >= 0.6 is 0 Å². The number of hydrogen-bond donors (Lipinski definition) is 5. The molecular formula is C55H56F2N10O10. The number of halogens is 2. The Kier molecular flexibility index (Phi) is 14.2. The first-order chi connectivity index (χ1) is 37.3. The Morgan fingerprint density at radius 3 is 2.49 bits per heavy atom. The lowest BCUT2D eigenvalue weighted by atomic mass is 9.94. The van der Waals surface area contributed by atoms with Crippen molar-refractivity contribution in [2.24, 2.45) is 0 Å². The van der Waals surface area contributed by atoms with E-state index in [1.54, 1.807) is 12.1 Å². The Morgan fingerprint density at radius 2 is 1.71 bits per heavy atom. The van der Waals surface area contributed by atoms with Crippen LogP contribution in [0.25, 0.3) is 32.9 Å². The highest BCUT2D eigenvalue weighted by Crippen LogP contribution is 2.45. The van der Waals surface area contributed by atoms with Crippen LogP contribution in [0.1, 0.15) is 71.2 Å². The van der Waals surface area contributed by atoms with Gasteiger partial charge >= 0.3 is 12.1 Å². The van der Waals surface area contributed by atoms with Gasteiger partial charge in [0.15, 0.2) is 5.82 Å². The summed E-state index contributed by atoms with van der Waals surface area (Å²) in [4.78, 5) is 82.2. The quantitative estimate of drug-likeness (QED) is 0.0350. The monoisotopic (exact) mass is 1050 g/mol. The number of aromatic hydroxyl groups is 1. The summed E-state index contributed by atoms with van der Waals surface area (Å²) in [5.41, 5.74) is 1.27. The fraction of sp³-hybridized carbons (Fsp3) is 0.418. The summed E-state index contributed by atoms with van der Waals surface area (Å²) >= 11 is 0. The van der Waals surface area contributed by atoms with Crippen LogP contribution in [0.15, 0.2) is 60.8 Å². The number of benzene rings is 3. The third-order valence-electron chi connectivity index (χ3n) is 15.4. The van der Waals surface area contributed by atoms with Gasteiger partial charge in [0.05, 0.1) is 54.0 Å². The first-order valence-electron chi connectivity index (χ1n) is 25.8. The molecule has 5 atom stereocenters. The molecule has 11 rings (SSSR count). The second-order valence-corrected chi connectivity index (χ2v) is 20.4. The zero-order valence-corrected chi connectivity index (χ0v) is 42.0. The van der Waals surface area contributed by atoms with Crippen LogP contribution in [-0.2, 0) is 23.8 Å². The van der Waals surface area contributed by atoms with Crippen molar-refractivity contribution in [3.05, 3.63) is 89.1 Å². The standard InChI is InChI=1S/C55H56F2N10O10/c1-3-37-42(56)9-4-31-20-36(68)22-40(45(31)37)47-46(57)48-41(24-60-47)49(65-26-33-5-6-34(27-65)61-33)64-53(63-48)77-29-55-13-12-35(66(55)25-30(2)23-55)28-76-54(73)59-15-17-75-19-18-74-16-14-58-32-7-8-38-39(21-32)52(72)67(51(38)71)43-10-11-44(69)62-50(43)70/h1,4,7-9,20-22,24,33-35,43,58,61,68H,2,5-6,10-19,23,25-29H2,(H,59,73)(H,62,69,70)/t33?,34?,35-,43?,55-/m0/s1. The number of carbonyl (C=O) groups is 5. The molecule has 0 spiro atoms. The van der Waals surface area contributed by atoms with Gasteiger partial charge in [0.2, 0.25) is 11.8 Å². The number of ether oxygens (including phenoxy) is 4. The number of carbonyl (C=O) groups excluding carboxylic acids is 5. The molecule has 2 aromatic heterocycles. The molecule has 0 aliphatic carbocycles. The number of nitrogens with zero attached hydrogens (tertiary/aromatic N) is 6. The molecule has 0 radical (unpaired) electrons. The number of amides is 5. The van der Waals surface area contributed by atoms with E-state index in [0.717, 1.165) is 29.7 Å². The summed E-state index contributed by atoms with van der Waals surface area (Å²) in [5.74, 6) is -1.04. The number of nitrogens with one attached hydrogen (secondary N) is 4. The number of piperazine rings is 1. The molecule has 5 fully saturated rings. The van der Waals surface area contributed by atoms with Crippen molar-refractivity contribution in [3.8, 4) is 35.4 Å². The minimum atomic E-state index is -1.04. The normalized spacial score (nSPS) is 22.9. The molecule has 2 bridgehead atoms. The fourth-order valence-electron chi connectivity index (χ4n) is 11.8. The van der Waals surface area contributed by atoms with E-state index in [1.165, 1.54) is 36.5 Å². The van der Waals surface area contributed by atoms with Crippen LogP contribution in [0.3, 0.4) is 0 Å². The van der Waals surface area contributed by atoms with Crippen LogP contribution in [-0.4, -0.2) is 162 Å². The van der Waals surface area contributed by atoms with Gasteiger partial charge in [-0.1, -0.05) is 24.1 Å². The first-order valence-corrected chi connectivity index (χ1v) is 25.8. The van der Waals surface area contributed by atoms with Gasteiger partial charge in [0.25, 0.3) is 11.8 Å². The van der Waals surface area contributed by atoms with Crippen molar-refractivity contribution in [2.75, 3.05) is 82.6 Å². The number of rotatable bonds is 18. The SMILES string of the molecule is C#Cc1c(F)ccc2cc(O)cc(-c3ncc4c(N5CC6CCC(C5)N6)nc(OC[C@@]56CC[C@@H](COC(=O)NCCOCCOCCNc7ccc8c(c7)C(=O)N(C7CCC(=O)NC7=O)C8=O)N5CC(=C)C6)nc4c3F)c12. The van der Waals surface area contributed by atoms with Gasteiger partial charge in [-0.25, -0.2) is 13.6 Å². The van der Waals surface area contributed by atoms with Gasteiger partial charge < -0.3 is 44.9 Å². The highest BCUT2D eigenvalue weighted by atomic mass is 19.1. The topological polar surface area (TPSA) is 239 Å². The molecule has 0 saturated carbocycles. The lowest BCUT2D eigenvalue weighted by Crippen LogP contribution is -2.54. The predicted molar refractivity (Wildman–Crippen MR) is 276 cm³/mol. The van der Waals surface area contributed by atoms with E-state index in [9.17, 15) is 29.1 Å². The minimum Gasteiger partial charge on any atom is -0.508 e. The number of fused-ring (bicyclic) bond motifs is 6. The highest BCUT2D eigenvalue weighted by Gasteiger charge is 2.52. The van der Waals surface area contributed by atoms with Gasteiger partial charge in [-0.3, -0.25) is 39.3 Å². The number of terminal acetylenes is 1. The van der Waals surface area contributed by atoms with Crippen molar-refractivity contribution in [1.29, 1.82) is 0 Å². The van der Waals surface area contributed by atoms with Gasteiger partial charge in [-0.2, -0.15) is 9.97 Å². The number of aromatic nitrogens is 3. The van der Waals surface area contributed by atoms with E-state index < -0.39 is 52.9 Å². The molecule has 6 aliphatic rings. The third kappa shape index (κ3) is 10.1. The van der Waals surface area contributed by atoms with Crippen molar-refractivity contribution >= 4 is 62.9 Å². The van der Waals surface area contributed by atoms with Gasteiger partial charge in [-0.05, 0) is 80.3 Å². The maximum Gasteiger partial charge on any atom is 0.407 e. The molecule has 22 heteroatoms. The van der Waals surface area contributed by atoms with E-state index in [2.05, 4.69) is 53.5 Å². The molecule has 3 aromatic carbocycles. The highest BCUT2D eigenvalue weighted by molar-refractivity contribution is 6.23. The molecule has 6 aliphatic heterocycles. The Bertz CT molecular complexity index is 3290. The Balaban J connectivity index is 0.659. The number of anilines is 2. The number of phenols is 1. The Hall–Kier alpha value is -7.84. The third-order valence-corrected chi connectivity index (χ3v) is 15.4. The molecule has 3 unspecified atom stereocenters. The molecule has 5 amide bonds. The summed E-state index contributed by atoms with van der Waals surface area (Å²) in [6, 6.07) is 9.46. The number of pyridine rings is 1. The minimum absolute atomic E-state index is 0.0306. The van der Waals surface area contributed by atoms with Crippen LogP contribution in [0.5, 0.6) is 11.8 Å². The lowest BCUT2D eigenvalue weighted by Gasteiger charge is -2.35. The number of phenolic OH excluding ortho intramolecular Hbond substituents is 1. The molecule has 5 N–H and O–H groups in total. The second kappa shape index (κ2) is 21.3.